The van der Waals surface area contributed by atoms with Gasteiger partial charge in [-0.05, 0) is 31.4 Å². The Morgan fingerprint density at radius 2 is 2.11 bits per heavy atom. The Balaban J connectivity index is 1.92. The molecule has 1 aromatic carbocycles. The summed E-state index contributed by atoms with van der Waals surface area (Å²) in [7, 11) is 1.46. The van der Waals surface area contributed by atoms with Crippen molar-refractivity contribution in [1.82, 2.24) is 4.90 Å². The van der Waals surface area contributed by atoms with Crippen molar-refractivity contribution in [3.8, 4) is 11.5 Å². The molecule has 2 amide bonds. The van der Waals surface area contributed by atoms with Crippen molar-refractivity contribution in [3.63, 3.8) is 0 Å². The standard InChI is InChI=1S/C19H21F3N2O4/c1-4-14-16-11(8-12(25)9-15(16)27-3)5-6-24(14)18(26)23-13-7-10(2)28-17(13)19(20,21)22/h7-9,14,25H,4-6H2,1-3H3,(H,23,26). The van der Waals surface area contributed by atoms with E-state index >= 15 is 0 Å². The average molecular weight is 398 g/mol. The Morgan fingerprint density at radius 1 is 1.39 bits per heavy atom. The summed E-state index contributed by atoms with van der Waals surface area (Å²) < 4.78 is 49.5. The number of hydrogen-bond donors (Lipinski definition) is 2. The summed E-state index contributed by atoms with van der Waals surface area (Å²) in [6.07, 6.45) is -3.74. The first-order valence-electron chi connectivity index (χ1n) is 8.80. The number of amides is 2. The van der Waals surface area contributed by atoms with Crippen molar-refractivity contribution in [2.24, 2.45) is 0 Å². The van der Waals surface area contributed by atoms with Gasteiger partial charge in [0.25, 0.3) is 0 Å². The van der Waals surface area contributed by atoms with E-state index in [4.69, 9.17) is 9.15 Å². The summed E-state index contributed by atoms with van der Waals surface area (Å²) in [5.74, 6) is -0.677. The number of hydrogen-bond acceptors (Lipinski definition) is 4. The van der Waals surface area contributed by atoms with Crippen molar-refractivity contribution in [2.45, 2.75) is 38.9 Å². The fourth-order valence-electron chi connectivity index (χ4n) is 3.65. The van der Waals surface area contributed by atoms with Gasteiger partial charge in [0.05, 0.1) is 18.8 Å². The highest BCUT2D eigenvalue weighted by atomic mass is 19.4. The summed E-state index contributed by atoms with van der Waals surface area (Å²) in [5.41, 5.74) is 1.19. The first-order valence-corrected chi connectivity index (χ1v) is 8.80. The van der Waals surface area contributed by atoms with Crippen LogP contribution in [0.4, 0.5) is 23.7 Å². The number of furan rings is 1. The minimum Gasteiger partial charge on any atom is -0.508 e. The van der Waals surface area contributed by atoms with E-state index in [-0.39, 0.29) is 11.5 Å². The van der Waals surface area contributed by atoms with E-state index in [1.54, 1.807) is 6.07 Å². The Kier molecular flexibility index (Phi) is 5.18. The molecule has 1 unspecified atom stereocenters. The third-order valence-electron chi connectivity index (χ3n) is 4.77. The van der Waals surface area contributed by atoms with Gasteiger partial charge in [0.1, 0.15) is 17.3 Å². The number of rotatable bonds is 3. The number of fused-ring (bicyclic) bond motifs is 1. The molecule has 2 aromatic rings. The largest absolute Gasteiger partial charge is 0.508 e. The molecule has 0 spiro atoms. The molecule has 6 nitrogen and oxygen atoms in total. The normalized spacial score (nSPS) is 16.6. The molecule has 1 aliphatic rings. The smallest absolute Gasteiger partial charge is 0.451 e. The molecular weight excluding hydrogens is 377 g/mol. The predicted molar refractivity (Wildman–Crippen MR) is 95.6 cm³/mol. The maximum absolute atomic E-state index is 13.1. The van der Waals surface area contributed by atoms with Crippen molar-refractivity contribution >= 4 is 11.7 Å². The van der Waals surface area contributed by atoms with Crippen LogP contribution in [0, 0.1) is 6.92 Å². The third kappa shape index (κ3) is 3.61. The lowest BCUT2D eigenvalue weighted by molar-refractivity contribution is -0.152. The topological polar surface area (TPSA) is 74.9 Å². The van der Waals surface area contributed by atoms with Gasteiger partial charge in [0.2, 0.25) is 5.76 Å². The third-order valence-corrected chi connectivity index (χ3v) is 4.77. The highest BCUT2D eigenvalue weighted by Gasteiger charge is 2.40. The Bertz CT molecular complexity index is 875. The van der Waals surface area contributed by atoms with E-state index in [1.807, 2.05) is 6.92 Å². The van der Waals surface area contributed by atoms with Crippen LogP contribution in [0.15, 0.2) is 22.6 Å². The minimum absolute atomic E-state index is 0.0517. The highest BCUT2D eigenvalue weighted by molar-refractivity contribution is 5.90. The number of phenols is 1. The van der Waals surface area contributed by atoms with Crippen molar-refractivity contribution < 1.29 is 32.2 Å². The number of halogens is 3. The molecule has 3 rings (SSSR count). The molecule has 152 valence electrons. The van der Waals surface area contributed by atoms with Gasteiger partial charge in [-0.1, -0.05) is 6.92 Å². The maximum atomic E-state index is 13.1. The molecule has 0 aliphatic carbocycles. The van der Waals surface area contributed by atoms with E-state index < -0.39 is 29.7 Å². The number of benzene rings is 1. The van der Waals surface area contributed by atoms with Gasteiger partial charge < -0.3 is 24.5 Å². The van der Waals surface area contributed by atoms with Crippen molar-refractivity contribution in [1.29, 1.82) is 0 Å². The van der Waals surface area contributed by atoms with Gasteiger partial charge in [0, 0.05) is 24.2 Å². The van der Waals surface area contributed by atoms with Crippen LogP contribution >= 0.6 is 0 Å². The number of anilines is 1. The molecule has 0 fully saturated rings. The van der Waals surface area contributed by atoms with Crippen molar-refractivity contribution in [3.05, 3.63) is 40.8 Å². The quantitative estimate of drug-likeness (QED) is 0.774. The second kappa shape index (κ2) is 7.29. The predicted octanol–water partition coefficient (Wildman–Crippen LogP) is 4.86. The van der Waals surface area contributed by atoms with Crippen LogP contribution < -0.4 is 10.1 Å². The zero-order chi connectivity index (χ0) is 20.6. The van der Waals surface area contributed by atoms with Gasteiger partial charge >= 0.3 is 12.2 Å². The fourth-order valence-corrected chi connectivity index (χ4v) is 3.65. The first-order chi connectivity index (χ1) is 13.2. The monoisotopic (exact) mass is 398 g/mol. The highest BCUT2D eigenvalue weighted by Crippen LogP contribution is 2.42. The van der Waals surface area contributed by atoms with Crippen LogP contribution in [0.25, 0.3) is 0 Å². The van der Waals surface area contributed by atoms with Gasteiger partial charge in [0.15, 0.2) is 0 Å². The number of ether oxygens (including phenoxy) is 1. The number of aryl methyl sites for hydroxylation is 1. The van der Waals surface area contributed by atoms with Crippen LogP contribution in [0.2, 0.25) is 0 Å². The van der Waals surface area contributed by atoms with Gasteiger partial charge in [-0.15, -0.1) is 0 Å². The first kappa shape index (κ1) is 19.9. The molecule has 2 N–H and O–H groups in total. The lowest BCUT2D eigenvalue weighted by atomic mass is 9.90. The Hall–Kier alpha value is -2.84. The van der Waals surface area contributed by atoms with Crippen LogP contribution in [0.1, 0.15) is 42.0 Å². The molecule has 28 heavy (non-hydrogen) atoms. The number of aromatic hydroxyl groups is 1. The van der Waals surface area contributed by atoms with Gasteiger partial charge in [-0.3, -0.25) is 0 Å². The van der Waals surface area contributed by atoms with Gasteiger partial charge in [-0.2, -0.15) is 13.2 Å². The zero-order valence-corrected chi connectivity index (χ0v) is 15.7. The van der Waals surface area contributed by atoms with E-state index in [9.17, 15) is 23.1 Å². The number of carbonyl (C=O) groups excluding carboxylic acids is 1. The molecular formula is C19H21F3N2O4. The molecule has 2 heterocycles. The average Bonchev–Trinajstić information content (AvgIpc) is 3.00. The number of alkyl halides is 3. The van der Waals surface area contributed by atoms with E-state index in [0.29, 0.717) is 25.1 Å². The lowest BCUT2D eigenvalue weighted by Gasteiger charge is -2.37. The molecule has 0 saturated heterocycles. The van der Waals surface area contributed by atoms with Gasteiger partial charge in [-0.25, -0.2) is 4.79 Å². The summed E-state index contributed by atoms with van der Waals surface area (Å²) in [5, 5.41) is 12.2. The Morgan fingerprint density at radius 3 is 2.71 bits per heavy atom. The molecule has 0 radical (unpaired) electrons. The van der Waals surface area contributed by atoms with Crippen LogP contribution in [0.5, 0.6) is 11.5 Å². The van der Waals surface area contributed by atoms with E-state index in [1.165, 1.54) is 25.0 Å². The Labute approximate surface area is 159 Å². The molecule has 9 heteroatoms. The summed E-state index contributed by atoms with van der Waals surface area (Å²) in [4.78, 5) is 14.3. The number of carbonyl (C=O) groups is 1. The molecule has 1 atom stereocenters. The number of nitrogens with one attached hydrogen (secondary N) is 1. The number of urea groups is 1. The molecule has 0 saturated carbocycles. The van der Waals surface area contributed by atoms with Crippen LogP contribution in [-0.2, 0) is 12.6 Å². The van der Waals surface area contributed by atoms with E-state index in [2.05, 4.69) is 5.32 Å². The fraction of sp³-hybridized carbons (Fsp3) is 0.421. The molecule has 1 aromatic heterocycles. The summed E-state index contributed by atoms with van der Waals surface area (Å²) >= 11 is 0. The second-order valence-corrected chi connectivity index (χ2v) is 6.62. The maximum Gasteiger partial charge on any atom is 0.451 e. The summed E-state index contributed by atoms with van der Waals surface area (Å²) in [6.45, 7) is 3.55. The molecule has 1 aliphatic heterocycles. The minimum atomic E-state index is -4.71. The van der Waals surface area contributed by atoms with E-state index in [0.717, 1.165) is 17.2 Å². The SMILES string of the molecule is CCC1c2c(cc(O)cc2OC)CCN1C(=O)Nc1cc(C)oc1C(F)(F)F. The van der Waals surface area contributed by atoms with Crippen LogP contribution in [0.3, 0.4) is 0 Å². The number of phenolic OH excluding ortho intramolecular Hbond substituents is 1. The van der Waals surface area contributed by atoms with Crippen LogP contribution in [-0.4, -0.2) is 29.7 Å². The molecule has 0 bridgehead atoms. The number of methoxy groups -OCH3 is 1. The second-order valence-electron chi connectivity index (χ2n) is 6.62. The zero-order valence-electron chi connectivity index (χ0n) is 15.7. The van der Waals surface area contributed by atoms with Crippen molar-refractivity contribution in [2.75, 3.05) is 19.0 Å². The number of nitrogens with zero attached hydrogens (tertiary/aromatic N) is 1. The summed E-state index contributed by atoms with van der Waals surface area (Å²) in [6, 6.07) is 3.18. The lowest BCUT2D eigenvalue weighted by Crippen LogP contribution is -2.42.